The average Bonchev–Trinajstić information content (AvgIpc) is 3.27. The molecule has 3 aromatic rings. The summed E-state index contributed by atoms with van der Waals surface area (Å²) in [6.07, 6.45) is 4.31. The molecule has 1 aromatic heterocycles. The Bertz CT molecular complexity index is 1180. The van der Waals surface area contributed by atoms with Gasteiger partial charge in [-0.05, 0) is 68.0 Å². The number of aromatic amines is 1. The van der Waals surface area contributed by atoms with E-state index >= 15 is 0 Å². The van der Waals surface area contributed by atoms with E-state index < -0.39 is 11.7 Å². The zero-order chi connectivity index (χ0) is 23.5. The lowest BCUT2D eigenvalue weighted by Crippen LogP contribution is -2.38. The predicted octanol–water partition coefficient (Wildman–Crippen LogP) is 4.06. The van der Waals surface area contributed by atoms with Gasteiger partial charge >= 0.3 is 0 Å². The quantitative estimate of drug-likeness (QED) is 0.456. The number of likely N-dealkylation sites (N-methyl/N-ethyl adjacent to an activating group) is 1. The van der Waals surface area contributed by atoms with Crippen LogP contribution < -0.4 is 0 Å². The fourth-order valence-corrected chi connectivity index (χ4v) is 4.34. The van der Waals surface area contributed by atoms with Gasteiger partial charge in [0.05, 0.1) is 5.56 Å². The Morgan fingerprint density at radius 2 is 1.79 bits per heavy atom. The van der Waals surface area contributed by atoms with Crippen molar-refractivity contribution in [3.05, 3.63) is 71.2 Å². The highest BCUT2D eigenvalue weighted by atomic mass is 19.1. The van der Waals surface area contributed by atoms with Crippen LogP contribution in [-0.2, 0) is 11.2 Å². The number of hydrogen-bond acceptors (Lipinski definition) is 3. The molecule has 6 nitrogen and oxygen atoms in total. The predicted molar refractivity (Wildman–Crippen MR) is 125 cm³/mol. The van der Waals surface area contributed by atoms with Crippen LogP contribution in [0.4, 0.5) is 4.39 Å². The number of carbonyl (C=O) groups excluding carboxylic acids is 3. The molecule has 2 aromatic carbocycles. The molecular formula is C26H28FN3O3. The Morgan fingerprint density at radius 1 is 1.09 bits per heavy atom. The van der Waals surface area contributed by atoms with Gasteiger partial charge in [0.15, 0.2) is 0 Å². The first-order valence-corrected chi connectivity index (χ1v) is 11.3. The number of fused-ring (bicyclic) bond motifs is 1. The molecule has 1 saturated heterocycles. The minimum absolute atomic E-state index is 0.0805. The maximum Gasteiger partial charge on any atom is 0.294 e. The summed E-state index contributed by atoms with van der Waals surface area (Å²) in [6, 6.07) is 11.6. The molecule has 172 valence electrons. The van der Waals surface area contributed by atoms with E-state index in [9.17, 15) is 18.8 Å². The van der Waals surface area contributed by atoms with Gasteiger partial charge in [-0.25, -0.2) is 4.39 Å². The van der Waals surface area contributed by atoms with Crippen molar-refractivity contribution in [3.63, 3.8) is 0 Å². The maximum atomic E-state index is 13.3. The third-order valence-electron chi connectivity index (χ3n) is 6.53. The molecule has 7 heteroatoms. The number of nitrogens with zero attached hydrogens (tertiary/aromatic N) is 2. The number of ketones is 1. The minimum Gasteiger partial charge on any atom is -0.360 e. The molecule has 0 bridgehead atoms. The first-order valence-electron chi connectivity index (χ1n) is 11.3. The van der Waals surface area contributed by atoms with Crippen molar-refractivity contribution in [1.82, 2.24) is 14.8 Å². The molecule has 1 fully saturated rings. The van der Waals surface area contributed by atoms with E-state index in [1.807, 2.05) is 17.0 Å². The van der Waals surface area contributed by atoms with Crippen molar-refractivity contribution in [2.75, 3.05) is 26.7 Å². The minimum atomic E-state index is -0.581. The Morgan fingerprint density at radius 3 is 2.45 bits per heavy atom. The molecule has 0 saturated carbocycles. The summed E-state index contributed by atoms with van der Waals surface area (Å²) in [5, 5.41) is 0.645. The van der Waals surface area contributed by atoms with Crippen molar-refractivity contribution < 1.29 is 18.8 Å². The van der Waals surface area contributed by atoms with Crippen molar-refractivity contribution in [3.8, 4) is 0 Å². The second-order valence-electron chi connectivity index (χ2n) is 8.68. The number of halogens is 1. The largest absolute Gasteiger partial charge is 0.360 e. The molecule has 2 heterocycles. The molecule has 4 rings (SSSR count). The Hall–Kier alpha value is -3.48. The van der Waals surface area contributed by atoms with Crippen LogP contribution in [0, 0.1) is 11.7 Å². The van der Waals surface area contributed by atoms with Gasteiger partial charge in [-0.1, -0.05) is 12.1 Å². The highest BCUT2D eigenvalue weighted by molar-refractivity contribution is 6.43. The number of hydrogen-bond donors (Lipinski definition) is 1. The zero-order valence-corrected chi connectivity index (χ0v) is 18.9. The Labute approximate surface area is 192 Å². The maximum absolute atomic E-state index is 13.3. The fourth-order valence-electron chi connectivity index (χ4n) is 4.34. The first kappa shape index (κ1) is 22.7. The lowest BCUT2D eigenvalue weighted by Gasteiger charge is -2.32. The number of carbonyl (C=O) groups is 3. The van der Waals surface area contributed by atoms with Gasteiger partial charge in [0.25, 0.3) is 11.8 Å². The van der Waals surface area contributed by atoms with Gasteiger partial charge in [-0.15, -0.1) is 0 Å². The van der Waals surface area contributed by atoms with Crippen LogP contribution in [0.15, 0.2) is 48.7 Å². The monoisotopic (exact) mass is 449 g/mol. The van der Waals surface area contributed by atoms with Crippen molar-refractivity contribution in [2.24, 2.45) is 5.92 Å². The lowest BCUT2D eigenvalue weighted by atomic mass is 9.90. The van der Waals surface area contributed by atoms with Crippen LogP contribution in [0.2, 0.25) is 0 Å². The number of benzene rings is 2. The van der Waals surface area contributed by atoms with Crippen LogP contribution in [-0.4, -0.2) is 59.1 Å². The molecule has 1 aliphatic heterocycles. The highest BCUT2D eigenvalue weighted by Crippen LogP contribution is 2.26. The third kappa shape index (κ3) is 4.82. The number of rotatable bonds is 6. The van der Waals surface area contributed by atoms with E-state index in [-0.39, 0.29) is 17.3 Å². The second-order valence-corrected chi connectivity index (χ2v) is 8.68. The summed E-state index contributed by atoms with van der Waals surface area (Å²) in [4.78, 5) is 44.4. The van der Waals surface area contributed by atoms with Crippen molar-refractivity contribution in [2.45, 2.75) is 26.2 Å². The number of nitrogens with one attached hydrogen (secondary N) is 1. The first-order chi connectivity index (χ1) is 15.9. The van der Waals surface area contributed by atoms with E-state index in [4.69, 9.17) is 0 Å². The average molecular weight is 450 g/mol. The summed E-state index contributed by atoms with van der Waals surface area (Å²) in [5.74, 6) is -1.01. The molecule has 0 unspecified atom stereocenters. The van der Waals surface area contributed by atoms with E-state index in [0.29, 0.717) is 36.5 Å². The molecule has 1 N–H and O–H groups in total. The van der Waals surface area contributed by atoms with Gasteiger partial charge in [-0.2, -0.15) is 0 Å². The number of H-pyrrole nitrogens is 1. The normalized spacial score (nSPS) is 14.5. The summed E-state index contributed by atoms with van der Waals surface area (Å²) in [6.45, 7) is 3.55. The van der Waals surface area contributed by atoms with Crippen LogP contribution in [0.3, 0.4) is 0 Å². The topological polar surface area (TPSA) is 73.5 Å². The fraction of sp³-hybridized carbons (Fsp3) is 0.346. The van der Waals surface area contributed by atoms with Gasteiger partial charge in [-0.3, -0.25) is 14.4 Å². The smallest absolute Gasteiger partial charge is 0.294 e. The van der Waals surface area contributed by atoms with Crippen molar-refractivity contribution in [1.29, 1.82) is 0 Å². The van der Waals surface area contributed by atoms with E-state index in [1.165, 1.54) is 17.0 Å². The second kappa shape index (κ2) is 9.57. The summed E-state index contributed by atoms with van der Waals surface area (Å²) in [5.41, 5.74) is 2.64. The van der Waals surface area contributed by atoms with Gasteiger partial charge in [0, 0.05) is 49.3 Å². The van der Waals surface area contributed by atoms with Crippen molar-refractivity contribution >= 4 is 28.5 Å². The number of amides is 2. The number of likely N-dealkylation sites (tertiary alicyclic amines) is 1. The molecule has 33 heavy (non-hydrogen) atoms. The number of piperidine rings is 1. The number of Topliss-reactive ketones (excluding diaryl/α,β-unsaturated/α-hetero) is 1. The third-order valence-corrected chi connectivity index (χ3v) is 6.53. The summed E-state index contributed by atoms with van der Waals surface area (Å²) < 4.78 is 13.1. The standard InChI is InChI=1S/C26H28FN3O3/c1-3-29(2)26(33)24(31)19-6-9-23-21(15-19)22(16-28-23)25(32)30-12-10-18(11-13-30)14-17-4-7-20(27)8-5-17/h4-9,15-16,18,28H,3,10-14H2,1-2H3. The molecular weight excluding hydrogens is 421 g/mol. The van der Waals surface area contributed by atoms with Crippen LogP contribution in [0.1, 0.15) is 46.0 Å². The molecule has 0 spiro atoms. The van der Waals surface area contributed by atoms with E-state index in [2.05, 4.69) is 4.98 Å². The molecule has 2 amide bonds. The zero-order valence-electron chi connectivity index (χ0n) is 18.9. The SMILES string of the molecule is CCN(C)C(=O)C(=O)c1ccc2[nH]cc(C(=O)N3CCC(Cc4ccc(F)cc4)CC3)c2c1. The van der Waals surface area contributed by atoms with E-state index in [0.717, 1.165) is 30.3 Å². The van der Waals surface area contributed by atoms with E-state index in [1.54, 1.807) is 38.4 Å². The van der Waals surface area contributed by atoms with Crippen LogP contribution in [0.5, 0.6) is 0 Å². The van der Waals surface area contributed by atoms with Gasteiger partial charge < -0.3 is 14.8 Å². The molecule has 0 radical (unpaired) electrons. The molecule has 1 aliphatic rings. The van der Waals surface area contributed by atoms with Crippen LogP contribution >= 0.6 is 0 Å². The number of aromatic nitrogens is 1. The Kier molecular flexibility index (Phi) is 6.58. The lowest BCUT2D eigenvalue weighted by molar-refractivity contribution is -0.125. The highest BCUT2D eigenvalue weighted by Gasteiger charge is 2.26. The van der Waals surface area contributed by atoms with Gasteiger partial charge in [0.1, 0.15) is 5.82 Å². The molecule has 0 aliphatic carbocycles. The van der Waals surface area contributed by atoms with Crippen LogP contribution in [0.25, 0.3) is 10.9 Å². The molecule has 0 atom stereocenters. The van der Waals surface area contributed by atoms with Gasteiger partial charge in [0.2, 0.25) is 5.78 Å². The Balaban J connectivity index is 1.45. The summed E-state index contributed by atoms with van der Waals surface area (Å²) >= 11 is 0. The summed E-state index contributed by atoms with van der Waals surface area (Å²) in [7, 11) is 1.59.